The SMILES string of the molecule is Cc1cc(F)c(N2COc3cc(F)c(F)c(F)c3C2)c(F)c1.Fc1cc(F)c(N2COc3cc(F)c(F)cc3C2)c(F)c1.Fc1ccc(N2COc3cc(F)c(F)c(F)c3C2)c(F)c1.Fc1ccc(N2COc3cc(F)c(F)c(F)c3C2)cc1.Fc1ccc(N2COc3cc(F)c(F)c(F)c3C2)cc1F.Fc1ccc(N2COc3cc(F)c(F)cc3C2)cc1F. The zero-order chi connectivity index (χ0) is 90.0. The third-order valence-electron chi connectivity index (χ3n) is 19.2. The summed E-state index contributed by atoms with van der Waals surface area (Å²) in [5.74, 6) is -32.2. The minimum absolute atomic E-state index is 0.0141. The number of halogens is 28. The molecule has 6 aliphatic rings. The summed E-state index contributed by atoms with van der Waals surface area (Å²) in [5, 5.41) is 0. The van der Waals surface area contributed by atoms with Crippen LogP contribution >= 0.6 is 0 Å². The van der Waals surface area contributed by atoms with Crippen molar-refractivity contribution in [2.75, 3.05) is 69.8 Å². The van der Waals surface area contributed by atoms with E-state index < -0.39 is 174 Å². The lowest BCUT2D eigenvalue weighted by Crippen LogP contribution is -2.34. The summed E-state index contributed by atoms with van der Waals surface area (Å²) >= 11 is 0. The van der Waals surface area contributed by atoms with Crippen molar-refractivity contribution < 1.29 is 151 Å². The smallest absolute Gasteiger partial charge is 0.195 e. The van der Waals surface area contributed by atoms with E-state index in [-0.39, 0.29) is 153 Å². The lowest BCUT2D eigenvalue weighted by atomic mass is 10.1. The van der Waals surface area contributed by atoms with Gasteiger partial charge in [-0.15, -0.1) is 0 Å². The van der Waals surface area contributed by atoms with Crippen LogP contribution in [0.25, 0.3) is 0 Å². The number of rotatable bonds is 6. The molecule has 0 aliphatic carbocycles. The van der Waals surface area contributed by atoms with E-state index in [0.29, 0.717) is 46.8 Å². The molecule has 0 N–H and O–H groups in total. The molecule has 654 valence electrons. The van der Waals surface area contributed by atoms with Crippen LogP contribution in [0.4, 0.5) is 157 Å². The van der Waals surface area contributed by atoms with Crippen molar-refractivity contribution in [3.63, 3.8) is 0 Å². The first-order chi connectivity index (χ1) is 59.4. The molecule has 0 atom stereocenters. The number of anilines is 6. The van der Waals surface area contributed by atoms with E-state index >= 15 is 0 Å². The van der Waals surface area contributed by atoms with Gasteiger partial charge in [0.05, 0.1) is 60.7 Å². The lowest BCUT2D eigenvalue weighted by Gasteiger charge is -2.31. The van der Waals surface area contributed by atoms with Crippen molar-refractivity contribution in [1.29, 1.82) is 0 Å². The maximum atomic E-state index is 14.0. The second kappa shape index (κ2) is 37.2. The Hall–Kier alpha value is -13.7. The fourth-order valence-electron chi connectivity index (χ4n) is 13.1. The summed E-state index contributed by atoms with van der Waals surface area (Å²) in [5.41, 5.74) is 0.666. The zero-order valence-corrected chi connectivity index (χ0v) is 63.1. The van der Waals surface area contributed by atoms with Crippen LogP contribution in [-0.4, -0.2) is 40.4 Å². The Morgan fingerprint density at radius 1 is 0.200 bits per heavy atom. The average Bonchev–Trinajstić information content (AvgIpc) is 0.802. The Morgan fingerprint density at radius 3 is 0.872 bits per heavy atom. The van der Waals surface area contributed by atoms with Gasteiger partial charge in [-0.05, 0) is 97.4 Å². The Kier molecular flexibility index (Phi) is 26.5. The van der Waals surface area contributed by atoms with Crippen molar-refractivity contribution in [3.05, 3.63) is 353 Å². The third-order valence-corrected chi connectivity index (χ3v) is 19.2. The highest BCUT2D eigenvalue weighted by Crippen LogP contribution is 2.41. The highest BCUT2D eigenvalue weighted by molar-refractivity contribution is 5.58. The van der Waals surface area contributed by atoms with E-state index in [1.54, 1.807) is 9.80 Å². The molecular formula is C85H52F28N6O6. The Balaban J connectivity index is 0.000000129. The van der Waals surface area contributed by atoms with Gasteiger partial charge in [-0.1, -0.05) is 0 Å². The number of ether oxygens (including phenoxy) is 6. The first-order valence-corrected chi connectivity index (χ1v) is 36.0. The topological polar surface area (TPSA) is 74.8 Å². The number of benzene rings is 12. The molecule has 0 aromatic heterocycles. The molecule has 0 spiro atoms. The van der Waals surface area contributed by atoms with Crippen LogP contribution in [0.5, 0.6) is 34.5 Å². The van der Waals surface area contributed by atoms with Gasteiger partial charge in [-0.3, -0.25) is 0 Å². The Bertz CT molecular complexity index is 6100. The third kappa shape index (κ3) is 19.5. The van der Waals surface area contributed by atoms with Crippen molar-refractivity contribution >= 4 is 34.1 Å². The molecule has 0 saturated heterocycles. The molecule has 0 bridgehead atoms. The second-order valence-electron chi connectivity index (χ2n) is 27.5. The summed E-state index contributed by atoms with van der Waals surface area (Å²) in [6, 6.07) is 25.1. The van der Waals surface area contributed by atoms with Crippen molar-refractivity contribution in [1.82, 2.24) is 0 Å². The Labute approximate surface area is 687 Å². The monoisotopic (exact) mass is 1780 g/mol. The van der Waals surface area contributed by atoms with Gasteiger partial charge in [-0.2, -0.15) is 0 Å². The van der Waals surface area contributed by atoms with Gasteiger partial charge in [0.1, 0.15) is 80.8 Å². The van der Waals surface area contributed by atoms with Crippen LogP contribution in [0, 0.1) is 170 Å². The fourth-order valence-corrected chi connectivity index (χ4v) is 13.1. The molecule has 0 fully saturated rings. The summed E-state index contributed by atoms with van der Waals surface area (Å²) in [6.45, 7) is 0.157. The predicted molar refractivity (Wildman–Crippen MR) is 391 cm³/mol. The first-order valence-electron chi connectivity index (χ1n) is 36.0. The molecule has 0 amide bonds. The molecule has 125 heavy (non-hydrogen) atoms. The number of nitrogens with zero attached hydrogens (tertiary/aromatic N) is 6. The second-order valence-corrected chi connectivity index (χ2v) is 27.5. The molecule has 12 aromatic rings. The minimum Gasteiger partial charge on any atom is -0.473 e. The molecule has 0 unspecified atom stereocenters. The van der Waals surface area contributed by atoms with Gasteiger partial charge in [0.15, 0.2) is 168 Å². The first kappa shape index (κ1) is 89.0. The van der Waals surface area contributed by atoms with Gasteiger partial charge < -0.3 is 57.8 Å². The molecule has 12 nitrogen and oxygen atoms in total. The van der Waals surface area contributed by atoms with Crippen molar-refractivity contribution in [2.45, 2.75) is 46.2 Å². The van der Waals surface area contributed by atoms with E-state index in [2.05, 4.69) is 0 Å². The van der Waals surface area contributed by atoms with Crippen LogP contribution < -0.4 is 57.8 Å². The maximum absolute atomic E-state index is 14.0. The summed E-state index contributed by atoms with van der Waals surface area (Å²) in [6.07, 6.45) is 0. The molecule has 0 saturated carbocycles. The van der Waals surface area contributed by atoms with Crippen LogP contribution in [0.1, 0.15) is 38.9 Å². The van der Waals surface area contributed by atoms with E-state index in [1.165, 1.54) is 53.1 Å². The largest absolute Gasteiger partial charge is 0.473 e. The number of hydrogen-bond acceptors (Lipinski definition) is 12. The van der Waals surface area contributed by atoms with Gasteiger partial charge in [0, 0.05) is 101 Å². The molecule has 40 heteroatoms. The van der Waals surface area contributed by atoms with Crippen molar-refractivity contribution in [3.8, 4) is 34.5 Å². The van der Waals surface area contributed by atoms with Crippen LogP contribution in [0.3, 0.4) is 0 Å². The zero-order valence-electron chi connectivity index (χ0n) is 63.1. The van der Waals surface area contributed by atoms with Crippen LogP contribution in [-0.2, 0) is 39.3 Å². The average molecular weight is 1790 g/mol. The molecule has 6 aliphatic heterocycles. The summed E-state index contributed by atoms with van der Waals surface area (Å²) < 4.78 is 404. The molecular weight excluding hydrogens is 1730 g/mol. The summed E-state index contributed by atoms with van der Waals surface area (Å²) in [4.78, 5) is 7.99. The van der Waals surface area contributed by atoms with Gasteiger partial charge in [0.2, 0.25) is 0 Å². The number of hydrogen-bond donors (Lipinski definition) is 0. The molecule has 0 radical (unpaired) electrons. The Morgan fingerprint density at radius 2 is 0.480 bits per heavy atom. The maximum Gasteiger partial charge on any atom is 0.195 e. The van der Waals surface area contributed by atoms with Crippen LogP contribution in [0.15, 0.2) is 152 Å². The predicted octanol–water partition coefficient (Wildman–Crippen LogP) is 22.5. The van der Waals surface area contributed by atoms with Crippen molar-refractivity contribution in [2.24, 2.45) is 0 Å². The molecule has 12 aromatic carbocycles. The number of fused-ring (bicyclic) bond motifs is 6. The van der Waals surface area contributed by atoms with Gasteiger partial charge in [0.25, 0.3) is 0 Å². The fraction of sp³-hybridized carbons (Fsp3) is 0.153. The van der Waals surface area contributed by atoms with Crippen LogP contribution in [0.2, 0.25) is 0 Å². The standard InChI is InChI=1S/C15H10F5NO.3C14H8F5NO.2C14H9F4NO/c1-7-2-10(17)15(11(18)3-7)21-5-8-12(22-6-21)4-9(16)14(20)13(8)19;15-8-2-11(18)14(12(19)3-8)20-5-7-1-9(16)10(17)4-13(7)21-6-20;15-7-1-2-11(9(16)3-7)20-5-8-12(21-6-20)4-10(17)14(19)13(8)18;15-9-2-1-7(3-10(9)16)20-5-8-12(21-6-20)4-11(17)14(19)13(8)18;15-8-1-3-9(4-2-8)19-6-10-12(20-7-19)5-11(16)14(18)13(10)17;15-10-2-1-9(4-12(10)17)19-6-8-3-11(16)13(18)5-14(8)20-7-19/h2-4H,5-6H2,1H3;3*1-4H,5-6H2;2*1-5H,6-7H2. The normalized spacial score (nSPS) is 13.9. The minimum atomic E-state index is -1.64. The quantitative estimate of drug-likeness (QED) is 0.118. The highest BCUT2D eigenvalue weighted by Gasteiger charge is 2.34. The van der Waals surface area contributed by atoms with Gasteiger partial charge in [-0.25, -0.2) is 123 Å². The van der Waals surface area contributed by atoms with E-state index in [1.807, 2.05) is 0 Å². The van der Waals surface area contributed by atoms with E-state index in [9.17, 15) is 123 Å². The van der Waals surface area contributed by atoms with E-state index in [0.717, 1.165) is 101 Å². The lowest BCUT2D eigenvalue weighted by molar-refractivity contribution is 0.275. The molecule has 6 heterocycles. The number of aryl methyl sites for hydroxylation is 1. The molecule has 18 rings (SSSR count). The highest BCUT2D eigenvalue weighted by atomic mass is 19.2. The van der Waals surface area contributed by atoms with Gasteiger partial charge >= 0.3 is 0 Å². The summed E-state index contributed by atoms with van der Waals surface area (Å²) in [7, 11) is 0. The van der Waals surface area contributed by atoms with E-state index in [4.69, 9.17) is 28.4 Å².